The number of para-hydroxylation sites is 1. The summed E-state index contributed by atoms with van der Waals surface area (Å²) in [5, 5.41) is 0. The van der Waals surface area contributed by atoms with Crippen LogP contribution in [0.1, 0.15) is 45.1 Å². The van der Waals surface area contributed by atoms with Crippen molar-refractivity contribution in [2.24, 2.45) is 0 Å². The molecule has 2 aromatic rings. The minimum Gasteiger partial charge on any atom is -0.444 e. The number of hydrogen-bond donors (Lipinski definition) is 0. The standard InChI is InChI=1S/C21H25FN2O3/c1-21(2,3)27-20(25)24-13-10-15(11-14-24)16-7-6-12-23-19(16)26-18-9-5-4-8-17(18)22/h4-9,12,15H,10-11,13-14H2,1-3H3. The van der Waals surface area contributed by atoms with Crippen LogP contribution in [0, 0.1) is 5.82 Å². The van der Waals surface area contributed by atoms with Gasteiger partial charge >= 0.3 is 6.09 Å². The minimum absolute atomic E-state index is 0.156. The van der Waals surface area contributed by atoms with Crippen molar-refractivity contribution < 1.29 is 18.7 Å². The van der Waals surface area contributed by atoms with Gasteiger partial charge in [-0.25, -0.2) is 14.2 Å². The van der Waals surface area contributed by atoms with Gasteiger partial charge in [-0.05, 0) is 57.7 Å². The lowest BCUT2D eigenvalue weighted by Crippen LogP contribution is -2.41. The Bertz CT molecular complexity index is 796. The Morgan fingerprint density at radius 1 is 1.15 bits per heavy atom. The Kier molecular flexibility index (Phi) is 5.63. The lowest BCUT2D eigenvalue weighted by atomic mass is 9.90. The van der Waals surface area contributed by atoms with E-state index in [-0.39, 0.29) is 17.8 Å². The number of piperidine rings is 1. The first-order chi connectivity index (χ1) is 12.8. The molecule has 0 radical (unpaired) electrons. The molecule has 0 saturated carbocycles. The maximum atomic E-state index is 13.9. The number of benzene rings is 1. The van der Waals surface area contributed by atoms with Crippen LogP contribution in [0.25, 0.3) is 0 Å². The third-order valence-electron chi connectivity index (χ3n) is 4.43. The van der Waals surface area contributed by atoms with E-state index in [1.807, 2.05) is 32.9 Å². The molecule has 5 nitrogen and oxygen atoms in total. The molecule has 1 aromatic carbocycles. The maximum Gasteiger partial charge on any atom is 0.410 e. The fourth-order valence-corrected chi connectivity index (χ4v) is 3.13. The van der Waals surface area contributed by atoms with Crippen LogP contribution in [0.3, 0.4) is 0 Å². The molecule has 27 heavy (non-hydrogen) atoms. The number of carbonyl (C=O) groups is 1. The third-order valence-corrected chi connectivity index (χ3v) is 4.43. The van der Waals surface area contributed by atoms with Crippen LogP contribution in [-0.2, 0) is 4.74 Å². The molecule has 1 fully saturated rings. The topological polar surface area (TPSA) is 51.7 Å². The van der Waals surface area contributed by atoms with Crippen molar-refractivity contribution >= 4 is 6.09 Å². The summed E-state index contributed by atoms with van der Waals surface area (Å²) in [4.78, 5) is 18.3. The maximum absolute atomic E-state index is 13.9. The molecule has 1 saturated heterocycles. The molecule has 1 aromatic heterocycles. The number of amides is 1. The highest BCUT2D eigenvalue weighted by molar-refractivity contribution is 5.68. The molecule has 0 bridgehead atoms. The van der Waals surface area contributed by atoms with E-state index in [1.165, 1.54) is 6.07 Å². The summed E-state index contributed by atoms with van der Waals surface area (Å²) in [7, 11) is 0. The molecule has 1 amide bonds. The average Bonchev–Trinajstić information content (AvgIpc) is 2.63. The van der Waals surface area contributed by atoms with Gasteiger partial charge in [0.25, 0.3) is 0 Å². The fourth-order valence-electron chi connectivity index (χ4n) is 3.13. The van der Waals surface area contributed by atoms with Crippen molar-refractivity contribution in [1.29, 1.82) is 0 Å². The van der Waals surface area contributed by atoms with Crippen LogP contribution in [0.4, 0.5) is 9.18 Å². The first-order valence-electron chi connectivity index (χ1n) is 9.19. The van der Waals surface area contributed by atoms with Gasteiger partial charge in [-0.1, -0.05) is 18.2 Å². The zero-order valence-electron chi connectivity index (χ0n) is 15.9. The number of likely N-dealkylation sites (tertiary alicyclic amines) is 1. The number of ether oxygens (including phenoxy) is 2. The molecule has 2 heterocycles. The predicted octanol–water partition coefficient (Wildman–Crippen LogP) is 5.13. The third kappa shape index (κ3) is 4.96. The Morgan fingerprint density at radius 2 is 1.85 bits per heavy atom. The summed E-state index contributed by atoms with van der Waals surface area (Å²) in [5.74, 6) is 0.343. The van der Waals surface area contributed by atoms with Crippen molar-refractivity contribution in [3.8, 4) is 11.6 Å². The monoisotopic (exact) mass is 372 g/mol. The second-order valence-corrected chi connectivity index (χ2v) is 7.67. The van der Waals surface area contributed by atoms with E-state index in [9.17, 15) is 9.18 Å². The van der Waals surface area contributed by atoms with Crippen LogP contribution >= 0.6 is 0 Å². The first-order valence-corrected chi connectivity index (χ1v) is 9.19. The number of pyridine rings is 1. The quantitative estimate of drug-likeness (QED) is 0.750. The molecular formula is C21H25FN2O3. The second-order valence-electron chi connectivity index (χ2n) is 7.67. The van der Waals surface area contributed by atoms with Crippen molar-refractivity contribution in [3.05, 3.63) is 54.0 Å². The van der Waals surface area contributed by atoms with Gasteiger partial charge in [0, 0.05) is 24.8 Å². The summed E-state index contributed by atoms with van der Waals surface area (Å²) in [5.41, 5.74) is 0.433. The molecule has 0 N–H and O–H groups in total. The van der Waals surface area contributed by atoms with Crippen LogP contribution in [0.2, 0.25) is 0 Å². The Labute approximate surface area is 159 Å². The normalized spacial score (nSPS) is 15.5. The molecule has 0 spiro atoms. The number of nitrogens with zero attached hydrogens (tertiary/aromatic N) is 2. The largest absolute Gasteiger partial charge is 0.444 e. The van der Waals surface area contributed by atoms with E-state index in [0.717, 1.165) is 18.4 Å². The SMILES string of the molecule is CC(C)(C)OC(=O)N1CCC(c2cccnc2Oc2ccccc2F)CC1. The van der Waals surface area contributed by atoms with E-state index in [2.05, 4.69) is 4.98 Å². The number of aromatic nitrogens is 1. The van der Waals surface area contributed by atoms with Gasteiger partial charge in [0.05, 0.1) is 0 Å². The average molecular weight is 372 g/mol. The van der Waals surface area contributed by atoms with E-state index < -0.39 is 11.4 Å². The second kappa shape index (κ2) is 7.94. The Balaban J connectivity index is 1.68. The van der Waals surface area contributed by atoms with E-state index >= 15 is 0 Å². The molecule has 144 valence electrons. The number of rotatable bonds is 3. The molecule has 0 aliphatic carbocycles. The van der Waals surface area contributed by atoms with Crippen LogP contribution in [0.5, 0.6) is 11.6 Å². The lowest BCUT2D eigenvalue weighted by Gasteiger charge is -2.33. The highest BCUT2D eigenvalue weighted by Gasteiger charge is 2.29. The van der Waals surface area contributed by atoms with E-state index in [4.69, 9.17) is 9.47 Å². The zero-order valence-corrected chi connectivity index (χ0v) is 15.9. The van der Waals surface area contributed by atoms with Gasteiger partial charge in [0.15, 0.2) is 11.6 Å². The number of carbonyl (C=O) groups excluding carboxylic acids is 1. The number of hydrogen-bond acceptors (Lipinski definition) is 4. The summed E-state index contributed by atoms with van der Waals surface area (Å²) in [6, 6.07) is 10.1. The minimum atomic E-state index is -0.502. The van der Waals surface area contributed by atoms with Gasteiger partial charge in [0.2, 0.25) is 5.88 Å². The van der Waals surface area contributed by atoms with Gasteiger partial charge in [0.1, 0.15) is 5.60 Å². The van der Waals surface area contributed by atoms with Gasteiger partial charge < -0.3 is 14.4 Å². The summed E-state index contributed by atoms with van der Waals surface area (Å²) in [6.45, 7) is 6.79. The Hall–Kier alpha value is -2.63. The van der Waals surface area contributed by atoms with E-state index in [1.54, 1.807) is 29.3 Å². The van der Waals surface area contributed by atoms with Crippen molar-refractivity contribution in [2.45, 2.75) is 45.1 Å². The molecule has 0 atom stereocenters. The van der Waals surface area contributed by atoms with Gasteiger partial charge in [-0.15, -0.1) is 0 Å². The summed E-state index contributed by atoms with van der Waals surface area (Å²) >= 11 is 0. The molecule has 1 aliphatic rings. The van der Waals surface area contributed by atoms with E-state index in [0.29, 0.717) is 19.0 Å². The highest BCUT2D eigenvalue weighted by Crippen LogP contribution is 2.35. The first kappa shape index (κ1) is 19.1. The highest BCUT2D eigenvalue weighted by atomic mass is 19.1. The fraction of sp³-hybridized carbons (Fsp3) is 0.429. The number of halogens is 1. The van der Waals surface area contributed by atoms with Crippen LogP contribution in [-0.4, -0.2) is 34.7 Å². The summed E-state index contributed by atoms with van der Waals surface area (Å²) < 4.78 is 25.1. The zero-order chi connectivity index (χ0) is 19.4. The molecule has 0 unspecified atom stereocenters. The van der Waals surface area contributed by atoms with Crippen LogP contribution < -0.4 is 4.74 Å². The van der Waals surface area contributed by atoms with Crippen molar-refractivity contribution in [2.75, 3.05) is 13.1 Å². The molecule has 6 heteroatoms. The molecule has 1 aliphatic heterocycles. The predicted molar refractivity (Wildman–Crippen MR) is 100 cm³/mol. The van der Waals surface area contributed by atoms with Gasteiger partial charge in [-0.3, -0.25) is 0 Å². The van der Waals surface area contributed by atoms with Crippen LogP contribution in [0.15, 0.2) is 42.6 Å². The molecular weight excluding hydrogens is 347 g/mol. The lowest BCUT2D eigenvalue weighted by molar-refractivity contribution is 0.0204. The Morgan fingerprint density at radius 3 is 2.52 bits per heavy atom. The van der Waals surface area contributed by atoms with Gasteiger partial charge in [-0.2, -0.15) is 0 Å². The smallest absolute Gasteiger partial charge is 0.410 e. The van der Waals surface area contributed by atoms with Crippen molar-refractivity contribution in [3.63, 3.8) is 0 Å². The summed E-state index contributed by atoms with van der Waals surface area (Å²) in [6.07, 6.45) is 2.90. The molecule has 3 rings (SSSR count). The van der Waals surface area contributed by atoms with Crippen molar-refractivity contribution in [1.82, 2.24) is 9.88 Å².